The summed E-state index contributed by atoms with van der Waals surface area (Å²) in [5.41, 5.74) is 10.4. The second kappa shape index (κ2) is 11.7. The Morgan fingerprint density at radius 1 is 0.500 bits per heavy atom. The zero-order valence-corrected chi connectivity index (χ0v) is 28.2. The number of benzene rings is 3. The highest BCUT2D eigenvalue weighted by molar-refractivity contribution is 7.16. The van der Waals surface area contributed by atoms with Gasteiger partial charge in [-0.15, -0.1) is 0 Å². The van der Waals surface area contributed by atoms with Gasteiger partial charge < -0.3 is 0 Å². The van der Waals surface area contributed by atoms with Crippen LogP contribution in [0, 0.1) is 5.92 Å². The molecule has 0 aromatic heterocycles. The van der Waals surface area contributed by atoms with E-state index in [2.05, 4.69) is 150 Å². The minimum atomic E-state index is -2.67. The van der Waals surface area contributed by atoms with Gasteiger partial charge in [0, 0.05) is 0 Å². The Kier molecular flexibility index (Phi) is 8.86. The summed E-state index contributed by atoms with van der Waals surface area (Å²) in [7, 11) is -2.67. The third kappa shape index (κ3) is 5.23. The maximum absolute atomic E-state index is 2.67. The van der Waals surface area contributed by atoms with Gasteiger partial charge in [-0.25, -0.2) is 0 Å². The molecular weight excluding hydrogens is 497 g/mol. The maximum atomic E-state index is 2.60. The predicted molar refractivity (Wildman–Crippen MR) is 181 cm³/mol. The van der Waals surface area contributed by atoms with Crippen molar-refractivity contribution in [2.45, 2.75) is 107 Å². The highest BCUT2D eigenvalue weighted by Crippen LogP contribution is 2.42. The molecule has 0 spiro atoms. The summed E-state index contributed by atoms with van der Waals surface area (Å²) in [5.74, 6) is 2.33. The molecular formula is C39H52Si. The lowest BCUT2D eigenvalue weighted by molar-refractivity contribution is 0.833. The monoisotopic (exact) mass is 548 g/mol. The van der Waals surface area contributed by atoms with Crippen molar-refractivity contribution in [2.24, 2.45) is 5.92 Å². The van der Waals surface area contributed by atoms with E-state index in [1.807, 2.05) is 0 Å². The lowest BCUT2D eigenvalue weighted by atomic mass is 9.96. The molecule has 1 aliphatic carbocycles. The predicted octanol–water partition coefficient (Wildman–Crippen LogP) is 9.49. The van der Waals surface area contributed by atoms with Crippen LogP contribution in [0.3, 0.4) is 0 Å². The molecule has 40 heavy (non-hydrogen) atoms. The molecule has 0 heterocycles. The van der Waals surface area contributed by atoms with Crippen molar-refractivity contribution in [2.75, 3.05) is 0 Å². The fourth-order valence-electron chi connectivity index (χ4n) is 6.74. The molecule has 0 bridgehead atoms. The molecule has 0 radical (unpaired) electrons. The molecule has 0 saturated carbocycles. The summed E-state index contributed by atoms with van der Waals surface area (Å²) >= 11 is 0. The average Bonchev–Trinajstić information content (AvgIpc) is 3.12. The second-order valence-corrected chi connectivity index (χ2v) is 17.4. The van der Waals surface area contributed by atoms with Gasteiger partial charge in [0.2, 0.25) is 0 Å². The van der Waals surface area contributed by atoms with Gasteiger partial charge in [0.15, 0.2) is 8.07 Å². The Labute approximate surface area is 246 Å². The molecule has 0 fully saturated rings. The number of hydrogen-bond donors (Lipinski definition) is 0. The maximum Gasteiger partial charge on any atom is 0.176 e. The van der Waals surface area contributed by atoms with Gasteiger partial charge >= 0.3 is 0 Å². The van der Waals surface area contributed by atoms with Crippen LogP contribution in [0.5, 0.6) is 0 Å². The normalized spacial score (nSPS) is 16.4. The zero-order valence-electron chi connectivity index (χ0n) is 27.2. The molecule has 1 unspecified atom stereocenters. The lowest BCUT2D eigenvalue weighted by Gasteiger charge is -2.40. The van der Waals surface area contributed by atoms with Crippen LogP contribution in [0.15, 0.2) is 88.6 Å². The molecule has 212 valence electrons. The fourth-order valence-corrected chi connectivity index (χ4v) is 12.5. The van der Waals surface area contributed by atoms with Crippen LogP contribution in [0.4, 0.5) is 0 Å². The molecule has 3 aromatic rings. The highest BCUT2D eigenvalue weighted by atomic mass is 28.3. The molecule has 4 rings (SSSR count). The van der Waals surface area contributed by atoms with E-state index in [9.17, 15) is 0 Å². The molecule has 1 aliphatic rings. The van der Waals surface area contributed by atoms with Gasteiger partial charge in [0.25, 0.3) is 0 Å². The molecule has 0 nitrogen and oxygen atoms in total. The van der Waals surface area contributed by atoms with Gasteiger partial charge in [0.1, 0.15) is 0 Å². The molecule has 1 atom stereocenters. The molecule has 0 aliphatic heterocycles. The summed E-state index contributed by atoms with van der Waals surface area (Å²) < 4.78 is 0. The van der Waals surface area contributed by atoms with Crippen molar-refractivity contribution < 1.29 is 0 Å². The smallest absolute Gasteiger partial charge is 0.0636 e. The zero-order chi connectivity index (χ0) is 29.5. The lowest BCUT2D eigenvalue weighted by Crippen LogP contribution is -2.70. The van der Waals surface area contributed by atoms with Crippen LogP contribution >= 0.6 is 0 Å². The van der Waals surface area contributed by atoms with Crippen LogP contribution in [0.1, 0.15) is 129 Å². The van der Waals surface area contributed by atoms with E-state index >= 15 is 0 Å². The van der Waals surface area contributed by atoms with E-state index in [4.69, 9.17) is 0 Å². The fraction of sp³-hybridized carbons (Fsp3) is 0.436. The minimum Gasteiger partial charge on any atom is -0.0636 e. The first-order valence-electron chi connectivity index (χ1n) is 15.6. The van der Waals surface area contributed by atoms with Crippen molar-refractivity contribution in [3.05, 3.63) is 111 Å². The Bertz CT molecular complexity index is 1310. The van der Waals surface area contributed by atoms with Gasteiger partial charge in [-0.05, 0) is 93.7 Å². The third-order valence-electron chi connectivity index (χ3n) is 9.74. The van der Waals surface area contributed by atoms with Crippen molar-refractivity contribution in [3.63, 3.8) is 0 Å². The molecule has 1 heteroatoms. The van der Waals surface area contributed by atoms with Crippen molar-refractivity contribution >= 4 is 23.6 Å². The number of rotatable bonds is 8. The van der Waals surface area contributed by atoms with Gasteiger partial charge in [-0.3, -0.25) is 0 Å². The van der Waals surface area contributed by atoms with E-state index < -0.39 is 8.07 Å². The standard InChI is InChI=1S/C39H52Si/c1-24(2)32-18-33(25(3)4)21-37(20-32)40(36-16-14-13-15-17-36,39-30(11)28(9)29(10)31(39)12)38-22-34(26(5)6)19-35(23-38)27(7)8/h13-27,30H,1-12H3. The third-order valence-corrected chi connectivity index (χ3v) is 14.9. The summed E-state index contributed by atoms with van der Waals surface area (Å²) in [6, 6.07) is 27.0. The first-order chi connectivity index (χ1) is 18.8. The largest absolute Gasteiger partial charge is 0.176 e. The average molecular weight is 549 g/mol. The quantitative estimate of drug-likeness (QED) is 0.194. The number of hydrogen-bond acceptors (Lipinski definition) is 0. The molecule has 3 aromatic carbocycles. The van der Waals surface area contributed by atoms with Crippen molar-refractivity contribution in [1.82, 2.24) is 0 Å². The molecule has 0 saturated heterocycles. The highest BCUT2D eigenvalue weighted by Gasteiger charge is 2.48. The van der Waals surface area contributed by atoms with Crippen molar-refractivity contribution in [1.29, 1.82) is 0 Å². The van der Waals surface area contributed by atoms with Gasteiger partial charge in [0.05, 0.1) is 0 Å². The van der Waals surface area contributed by atoms with E-state index in [-0.39, 0.29) is 0 Å². The van der Waals surface area contributed by atoms with Gasteiger partial charge in [-0.2, -0.15) is 0 Å². The van der Waals surface area contributed by atoms with E-state index in [1.54, 1.807) is 15.6 Å². The molecule has 0 N–H and O–H groups in total. The topological polar surface area (TPSA) is 0 Å². The summed E-state index contributed by atoms with van der Waals surface area (Å²) in [5, 5.41) is 6.28. The first kappa shape index (κ1) is 30.3. The van der Waals surface area contributed by atoms with Crippen molar-refractivity contribution in [3.8, 4) is 0 Å². The Morgan fingerprint density at radius 3 is 1.18 bits per heavy atom. The van der Waals surface area contributed by atoms with Gasteiger partial charge in [-0.1, -0.05) is 145 Å². The molecule has 0 amide bonds. The second-order valence-electron chi connectivity index (χ2n) is 13.6. The van der Waals surface area contributed by atoms with Crippen LogP contribution in [0.25, 0.3) is 0 Å². The number of allylic oxidation sites excluding steroid dienone is 4. The van der Waals surface area contributed by atoms with E-state index in [0.717, 1.165) is 0 Å². The Morgan fingerprint density at radius 2 is 0.875 bits per heavy atom. The van der Waals surface area contributed by atoms with Crippen LogP contribution in [-0.4, -0.2) is 8.07 Å². The van der Waals surface area contributed by atoms with Crippen LogP contribution < -0.4 is 15.6 Å². The van der Waals surface area contributed by atoms with Crippen LogP contribution in [-0.2, 0) is 0 Å². The summed E-state index contributed by atoms with van der Waals surface area (Å²) in [4.78, 5) is 0. The van der Waals surface area contributed by atoms with Crippen LogP contribution in [0.2, 0.25) is 0 Å². The first-order valence-corrected chi connectivity index (χ1v) is 17.6. The summed E-state index contributed by atoms with van der Waals surface area (Å²) in [6.45, 7) is 28.4. The summed E-state index contributed by atoms with van der Waals surface area (Å²) in [6.07, 6.45) is 0. The Balaban J connectivity index is 2.30. The van der Waals surface area contributed by atoms with E-state index in [0.29, 0.717) is 29.6 Å². The Hall–Kier alpha value is -2.64. The van der Waals surface area contributed by atoms with E-state index in [1.165, 1.54) is 44.2 Å². The SMILES string of the molecule is CC1=C(C)C(C)C([Si](c2ccccc2)(c2cc(C(C)C)cc(C(C)C)c2)c2cc(C(C)C)cc(C(C)C)c2)=C1C. The minimum absolute atomic E-state index is 0.419.